The van der Waals surface area contributed by atoms with E-state index in [1.54, 1.807) is 41.7 Å². The van der Waals surface area contributed by atoms with Crippen LogP contribution in [0.1, 0.15) is 4.88 Å². The zero-order valence-corrected chi connectivity index (χ0v) is 11.7. The lowest BCUT2D eigenvalue weighted by Crippen LogP contribution is -2.10. The molecule has 0 unspecified atom stereocenters. The lowest BCUT2D eigenvalue weighted by atomic mass is 10.3. The summed E-state index contributed by atoms with van der Waals surface area (Å²) in [7, 11) is 0. The molecule has 0 saturated heterocycles. The van der Waals surface area contributed by atoms with E-state index in [9.17, 15) is 4.79 Å². The molecular weight excluding hydrogens is 272 g/mol. The summed E-state index contributed by atoms with van der Waals surface area (Å²) in [4.78, 5) is 12.8. The SMILES string of the molecule is NCCOc1ccc(NC(=O)/C=C/c2cccs2)cc1. The van der Waals surface area contributed by atoms with E-state index in [0.717, 1.165) is 16.3 Å². The molecule has 0 aliphatic rings. The molecule has 0 radical (unpaired) electrons. The van der Waals surface area contributed by atoms with Gasteiger partial charge in [0.1, 0.15) is 12.4 Å². The van der Waals surface area contributed by atoms with Crippen molar-refractivity contribution in [1.82, 2.24) is 0 Å². The number of rotatable bonds is 6. The van der Waals surface area contributed by atoms with E-state index in [4.69, 9.17) is 10.5 Å². The first-order chi connectivity index (χ1) is 9.78. The fourth-order valence-corrected chi connectivity index (χ4v) is 2.16. The first-order valence-electron chi connectivity index (χ1n) is 6.23. The van der Waals surface area contributed by atoms with Crippen LogP contribution in [0.2, 0.25) is 0 Å². The minimum atomic E-state index is -0.158. The number of thiophene rings is 1. The maximum Gasteiger partial charge on any atom is 0.248 e. The van der Waals surface area contributed by atoms with Gasteiger partial charge in [0.15, 0.2) is 0 Å². The Bertz CT molecular complexity index is 562. The number of hydrogen-bond donors (Lipinski definition) is 2. The number of amides is 1. The van der Waals surface area contributed by atoms with Crippen LogP contribution in [0.3, 0.4) is 0 Å². The summed E-state index contributed by atoms with van der Waals surface area (Å²) in [5.74, 6) is 0.580. The zero-order valence-electron chi connectivity index (χ0n) is 10.9. The van der Waals surface area contributed by atoms with E-state index in [1.807, 2.05) is 17.5 Å². The molecule has 0 spiro atoms. The Kier molecular flexibility index (Phi) is 5.34. The van der Waals surface area contributed by atoms with Crippen LogP contribution in [0.25, 0.3) is 6.08 Å². The lowest BCUT2D eigenvalue weighted by Gasteiger charge is -2.06. The van der Waals surface area contributed by atoms with Crippen LogP contribution in [0.15, 0.2) is 47.9 Å². The molecule has 2 rings (SSSR count). The highest BCUT2D eigenvalue weighted by molar-refractivity contribution is 7.10. The number of hydrogen-bond acceptors (Lipinski definition) is 4. The van der Waals surface area contributed by atoms with Crippen LogP contribution in [0.5, 0.6) is 5.75 Å². The third kappa shape index (κ3) is 4.53. The number of nitrogens with one attached hydrogen (secondary N) is 1. The maximum atomic E-state index is 11.7. The molecule has 0 bridgehead atoms. The second-order valence-electron chi connectivity index (χ2n) is 4.00. The van der Waals surface area contributed by atoms with Crippen molar-refractivity contribution < 1.29 is 9.53 Å². The van der Waals surface area contributed by atoms with Crippen LogP contribution in [0, 0.1) is 0 Å². The van der Waals surface area contributed by atoms with Gasteiger partial charge in [-0.25, -0.2) is 0 Å². The van der Waals surface area contributed by atoms with E-state index in [2.05, 4.69) is 5.32 Å². The summed E-state index contributed by atoms with van der Waals surface area (Å²) in [6.45, 7) is 0.960. The Morgan fingerprint density at radius 1 is 1.30 bits per heavy atom. The molecule has 1 heterocycles. The van der Waals surface area contributed by atoms with E-state index in [1.165, 1.54) is 6.08 Å². The second-order valence-corrected chi connectivity index (χ2v) is 4.98. The molecule has 20 heavy (non-hydrogen) atoms. The second kappa shape index (κ2) is 7.47. The molecule has 1 amide bonds. The fourth-order valence-electron chi connectivity index (χ4n) is 1.54. The van der Waals surface area contributed by atoms with Crippen molar-refractivity contribution in [3.05, 3.63) is 52.7 Å². The van der Waals surface area contributed by atoms with Crippen molar-refractivity contribution >= 4 is 29.0 Å². The summed E-state index contributed by atoms with van der Waals surface area (Å²) in [6, 6.07) is 11.1. The standard InChI is InChI=1S/C15H16N2O2S/c16-9-10-19-13-5-3-12(4-6-13)17-15(18)8-7-14-2-1-11-20-14/h1-8,11H,9-10,16H2,(H,17,18)/b8-7+. The highest BCUT2D eigenvalue weighted by Gasteiger charge is 1.99. The molecule has 1 aromatic carbocycles. The van der Waals surface area contributed by atoms with Gasteiger partial charge >= 0.3 is 0 Å². The maximum absolute atomic E-state index is 11.7. The highest BCUT2D eigenvalue weighted by Crippen LogP contribution is 2.16. The van der Waals surface area contributed by atoms with Gasteiger partial charge in [0.2, 0.25) is 5.91 Å². The Hall–Kier alpha value is -2.11. The van der Waals surface area contributed by atoms with Crippen molar-refractivity contribution in [1.29, 1.82) is 0 Å². The van der Waals surface area contributed by atoms with Crippen molar-refractivity contribution in [2.45, 2.75) is 0 Å². The van der Waals surface area contributed by atoms with Crippen molar-refractivity contribution in [3.8, 4) is 5.75 Å². The van der Waals surface area contributed by atoms with Crippen LogP contribution in [-0.2, 0) is 4.79 Å². The average Bonchev–Trinajstić information content (AvgIpc) is 2.98. The molecule has 0 fully saturated rings. The summed E-state index contributed by atoms with van der Waals surface area (Å²) < 4.78 is 5.36. The molecule has 3 N–H and O–H groups in total. The van der Waals surface area contributed by atoms with Crippen LogP contribution < -0.4 is 15.8 Å². The average molecular weight is 288 g/mol. The number of nitrogens with two attached hydrogens (primary N) is 1. The molecule has 0 atom stereocenters. The van der Waals surface area contributed by atoms with Gasteiger partial charge in [-0.3, -0.25) is 4.79 Å². The Morgan fingerprint density at radius 2 is 2.10 bits per heavy atom. The van der Waals surface area contributed by atoms with Crippen LogP contribution in [-0.4, -0.2) is 19.1 Å². The molecule has 0 aliphatic carbocycles. The van der Waals surface area contributed by atoms with Crippen LogP contribution >= 0.6 is 11.3 Å². The molecule has 104 valence electrons. The predicted octanol–water partition coefficient (Wildman–Crippen LogP) is 2.74. The van der Waals surface area contributed by atoms with E-state index in [0.29, 0.717) is 13.2 Å². The minimum absolute atomic E-state index is 0.158. The highest BCUT2D eigenvalue weighted by atomic mass is 32.1. The van der Waals surface area contributed by atoms with Crippen molar-refractivity contribution in [2.75, 3.05) is 18.5 Å². The Labute approximate surface area is 121 Å². The van der Waals surface area contributed by atoms with Gasteiger partial charge in [-0.15, -0.1) is 11.3 Å². The summed E-state index contributed by atoms with van der Waals surface area (Å²) >= 11 is 1.59. The number of carbonyl (C=O) groups excluding carboxylic acids is 1. The summed E-state index contributed by atoms with van der Waals surface area (Å²) in [6.07, 6.45) is 3.31. The number of carbonyl (C=O) groups is 1. The predicted molar refractivity (Wildman–Crippen MR) is 83.0 cm³/mol. The molecule has 0 aliphatic heterocycles. The molecular formula is C15H16N2O2S. The van der Waals surface area contributed by atoms with E-state index >= 15 is 0 Å². The molecule has 2 aromatic rings. The van der Waals surface area contributed by atoms with Crippen molar-refractivity contribution in [2.24, 2.45) is 5.73 Å². The normalized spacial score (nSPS) is 10.7. The number of anilines is 1. The topological polar surface area (TPSA) is 64.3 Å². The first kappa shape index (κ1) is 14.3. The lowest BCUT2D eigenvalue weighted by molar-refractivity contribution is -0.111. The number of benzene rings is 1. The van der Waals surface area contributed by atoms with Gasteiger partial charge in [-0.1, -0.05) is 6.07 Å². The van der Waals surface area contributed by atoms with Gasteiger partial charge in [0.25, 0.3) is 0 Å². The molecule has 1 aromatic heterocycles. The smallest absolute Gasteiger partial charge is 0.248 e. The third-order valence-corrected chi connectivity index (χ3v) is 3.29. The van der Waals surface area contributed by atoms with E-state index in [-0.39, 0.29) is 5.91 Å². The molecule has 4 nitrogen and oxygen atoms in total. The van der Waals surface area contributed by atoms with Gasteiger partial charge in [0, 0.05) is 23.2 Å². The van der Waals surface area contributed by atoms with E-state index < -0.39 is 0 Å². The summed E-state index contributed by atoms with van der Waals surface area (Å²) in [5.41, 5.74) is 6.08. The van der Waals surface area contributed by atoms with Gasteiger partial charge in [0.05, 0.1) is 0 Å². The monoisotopic (exact) mass is 288 g/mol. The Morgan fingerprint density at radius 3 is 2.75 bits per heavy atom. The van der Waals surface area contributed by atoms with Crippen LogP contribution in [0.4, 0.5) is 5.69 Å². The first-order valence-corrected chi connectivity index (χ1v) is 7.11. The number of ether oxygens (including phenoxy) is 1. The quantitative estimate of drug-likeness (QED) is 0.803. The minimum Gasteiger partial charge on any atom is -0.492 e. The van der Waals surface area contributed by atoms with Gasteiger partial charge in [-0.05, 0) is 41.8 Å². The largest absolute Gasteiger partial charge is 0.492 e. The van der Waals surface area contributed by atoms with Gasteiger partial charge < -0.3 is 15.8 Å². The van der Waals surface area contributed by atoms with Gasteiger partial charge in [-0.2, -0.15) is 0 Å². The summed E-state index contributed by atoms with van der Waals surface area (Å²) in [5, 5.41) is 4.76. The Balaban J connectivity index is 1.87. The molecule has 0 saturated carbocycles. The molecule has 5 heteroatoms. The van der Waals surface area contributed by atoms with Crippen molar-refractivity contribution in [3.63, 3.8) is 0 Å². The third-order valence-electron chi connectivity index (χ3n) is 2.45. The zero-order chi connectivity index (χ0) is 14.2. The fraction of sp³-hybridized carbons (Fsp3) is 0.133.